The summed E-state index contributed by atoms with van der Waals surface area (Å²) < 4.78 is 0. The van der Waals surface area contributed by atoms with Crippen LogP contribution in [0.3, 0.4) is 0 Å². The highest BCUT2D eigenvalue weighted by molar-refractivity contribution is 6.39. The van der Waals surface area contributed by atoms with Crippen molar-refractivity contribution in [3.63, 3.8) is 0 Å². The maximum Gasteiger partial charge on any atom is 0.123 e. The van der Waals surface area contributed by atoms with E-state index in [1.807, 2.05) is 0 Å². The minimum Gasteiger partial charge on any atom is -0.147 e. The molecule has 18 heavy (non-hydrogen) atoms. The molecular weight excluding hydrogens is 314 g/mol. The monoisotopic (exact) mass is 318 g/mol. The topological polar surface area (TPSA) is 24.7 Å². The summed E-state index contributed by atoms with van der Waals surface area (Å²) >= 11 is 23.9. The van der Waals surface area contributed by atoms with E-state index in [4.69, 9.17) is 46.4 Å². The standard InChI is InChI=1S/C12H6Cl4N2/c13-7-3-1-4-8(14)11(7)17-18-12-9(15)5-2-6-10(12)16/h1-6H. The van der Waals surface area contributed by atoms with Crippen LogP contribution in [0.15, 0.2) is 46.6 Å². The molecule has 0 aliphatic rings. The Bertz CT molecular complexity index is 517. The Morgan fingerprint density at radius 3 is 1.11 bits per heavy atom. The summed E-state index contributed by atoms with van der Waals surface area (Å²) in [5.41, 5.74) is 0.772. The molecule has 2 aromatic rings. The van der Waals surface area contributed by atoms with Crippen molar-refractivity contribution in [2.45, 2.75) is 0 Å². The SMILES string of the molecule is Clc1cccc(Cl)c1N=Nc1c(Cl)cccc1Cl. The van der Waals surface area contributed by atoms with Gasteiger partial charge in [-0.15, -0.1) is 10.2 Å². The highest BCUT2D eigenvalue weighted by Crippen LogP contribution is 2.37. The fraction of sp³-hybridized carbons (Fsp3) is 0. The van der Waals surface area contributed by atoms with Gasteiger partial charge in [-0.25, -0.2) is 0 Å². The summed E-state index contributed by atoms with van der Waals surface area (Å²) in [6.45, 7) is 0. The van der Waals surface area contributed by atoms with E-state index in [0.29, 0.717) is 31.5 Å². The largest absolute Gasteiger partial charge is 0.147 e. The molecule has 0 saturated heterocycles. The molecule has 6 heteroatoms. The molecule has 0 fully saturated rings. The predicted molar refractivity (Wildman–Crippen MR) is 77.1 cm³/mol. The Morgan fingerprint density at radius 1 is 0.556 bits per heavy atom. The van der Waals surface area contributed by atoms with Gasteiger partial charge in [-0.05, 0) is 24.3 Å². The zero-order valence-corrected chi connectivity index (χ0v) is 11.9. The van der Waals surface area contributed by atoms with Crippen LogP contribution >= 0.6 is 46.4 Å². The van der Waals surface area contributed by atoms with Crippen molar-refractivity contribution in [1.29, 1.82) is 0 Å². The summed E-state index contributed by atoms with van der Waals surface area (Å²) in [5, 5.41) is 9.62. The van der Waals surface area contributed by atoms with Crippen LogP contribution in [0.2, 0.25) is 20.1 Å². The molecule has 0 heterocycles. The summed E-state index contributed by atoms with van der Waals surface area (Å²) in [4.78, 5) is 0. The molecule has 0 aliphatic carbocycles. The first kappa shape index (κ1) is 13.6. The van der Waals surface area contributed by atoms with Crippen LogP contribution in [0, 0.1) is 0 Å². The Hall–Kier alpha value is -0.800. The number of hydrogen-bond donors (Lipinski definition) is 0. The normalized spacial score (nSPS) is 11.1. The zero-order valence-electron chi connectivity index (χ0n) is 8.87. The summed E-state index contributed by atoms with van der Waals surface area (Å²) in [7, 11) is 0. The first-order chi connectivity index (χ1) is 8.59. The van der Waals surface area contributed by atoms with Crippen LogP contribution in [-0.4, -0.2) is 0 Å². The van der Waals surface area contributed by atoms with Crippen molar-refractivity contribution < 1.29 is 0 Å². The van der Waals surface area contributed by atoms with Crippen LogP contribution < -0.4 is 0 Å². The van der Waals surface area contributed by atoms with E-state index in [9.17, 15) is 0 Å². The Kier molecular flexibility index (Phi) is 4.46. The van der Waals surface area contributed by atoms with Gasteiger partial charge in [-0.1, -0.05) is 58.5 Å². The second-order valence-corrected chi connectivity index (χ2v) is 4.97. The Morgan fingerprint density at radius 2 is 0.833 bits per heavy atom. The number of hydrogen-bond acceptors (Lipinski definition) is 2. The number of azo groups is 1. The number of halogens is 4. The molecule has 0 N–H and O–H groups in total. The first-order valence-corrected chi connectivity index (χ1v) is 6.40. The molecule has 0 bridgehead atoms. The zero-order chi connectivity index (χ0) is 13.1. The van der Waals surface area contributed by atoms with E-state index in [1.165, 1.54) is 0 Å². The maximum atomic E-state index is 5.97. The van der Waals surface area contributed by atoms with E-state index < -0.39 is 0 Å². The summed E-state index contributed by atoms with van der Waals surface area (Å²) in [5.74, 6) is 0. The summed E-state index contributed by atoms with van der Waals surface area (Å²) in [6, 6.07) is 10.2. The molecule has 0 saturated carbocycles. The molecule has 92 valence electrons. The quantitative estimate of drug-likeness (QED) is 0.549. The van der Waals surface area contributed by atoms with Crippen LogP contribution in [0.25, 0.3) is 0 Å². The van der Waals surface area contributed by atoms with Gasteiger partial charge in [-0.3, -0.25) is 0 Å². The van der Waals surface area contributed by atoms with Crippen molar-refractivity contribution in [1.82, 2.24) is 0 Å². The lowest BCUT2D eigenvalue weighted by atomic mass is 10.3. The number of nitrogens with zero attached hydrogens (tertiary/aromatic N) is 2. The molecule has 0 aliphatic heterocycles. The molecular formula is C12H6Cl4N2. The van der Waals surface area contributed by atoms with Gasteiger partial charge in [0, 0.05) is 0 Å². The maximum absolute atomic E-state index is 5.97. The van der Waals surface area contributed by atoms with Gasteiger partial charge in [0.05, 0.1) is 20.1 Å². The molecule has 0 spiro atoms. The molecule has 0 amide bonds. The Balaban J connectivity index is 2.43. The fourth-order valence-electron chi connectivity index (χ4n) is 1.27. The molecule has 0 radical (unpaired) electrons. The average molecular weight is 320 g/mol. The third-order valence-corrected chi connectivity index (χ3v) is 3.35. The highest BCUT2D eigenvalue weighted by Gasteiger charge is 2.06. The molecule has 0 atom stereocenters. The minimum absolute atomic E-state index is 0.386. The van der Waals surface area contributed by atoms with Crippen LogP contribution in [0.4, 0.5) is 11.4 Å². The lowest BCUT2D eigenvalue weighted by Gasteiger charge is -2.01. The van der Waals surface area contributed by atoms with Gasteiger partial charge in [0.1, 0.15) is 11.4 Å². The van der Waals surface area contributed by atoms with Crippen LogP contribution in [-0.2, 0) is 0 Å². The van der Waals surface area contributed by atoms with Crippen LogP contribution in [0.5, 0.6) is 0 Å². The first-order valence-electron chi connectivity index (χ1n) is 4.89. The van der Waals surface area contributed by atoms with Crippen molar-refractivity contribution in [2.24, 2.45) is 10.2 Å². The molecule has 2 nitrogen and oxygen atoms in total. The molecule has 2 rings (SSSR count). The molecule has 0 unspecified atom stereocenters. The minimum atomic E-state index is 0.386. The molecule has 0 aromatic heterocycles. The average Bonchev–Trinajstić information content (AvgIpc) is 2.31. The summed E-state index contributed by atoms with van der Waals surface area (Å²) in [6.07, 6.45) is 0. The lowest BCUT2D eigenvalue weighted by molar-refractivity contribution is 1.23. The smallest absolute Gasteiger partial charge is 0.123 e. The van der Waals surface area contributed by atoms with Gasteiger partial charge in [0.2, 0.25) is 0 Å². The van der Waals surface area contributed by atoms with Gasteiger partial charge in [0.25, 0.3) is 0 Å². The lowest BCUT2D eigenvalue weighted by Crippen LogP contribution is -1.72. The third kappa shape index (κ3) is 2.96. The second kappa shape index (κ2) is 5.89. The van der Waals surface area contributed by atoms with Crippen molar-refractivity contribution in [3.05, 3.63) is 56.5 Å². The third-order valence-electron chi connectivity index (χ3n) is 2.13. The van der Waals surface area contributed by atoms with E-state index in [1.54, 1.807) is 36.4 Å². The predicted octanol–water partition coefficient (Wildman–Crippen LogP) is 6.72. The number of rotatable bonds is 2. The van der Waals surface area contributed by atoms with E-state index in [2.05, 4.69) is 10.2 Å². The van der Waals surface area contributed by atoms with Gasteiger partial charge < -0.3 is 0 Å². The molecule has 2 aromatic carbocycles. The second-order valence-electron chi connectivity index (χ2n) is 3.34. The van der Waals surface area contributed by atoms with Crippen LogP contribution in [0.1, 0.15) is 0 Å². The van der Waals surface area contributed by atoms with Gasteiger partial charge in [-0.2, -0.15) is 0 Å². The van der Waals surface area contributed by atoms with Crippen molar-refractivity contribution >= 4 is 57.8 Å². The Labute approximate surface area is 124 Å². The van der Waals surface area contributed by atoms with Gasteiger partial charge in [0.15, 0.2) is 0 Å². The van der Waals surface area contributed by atoms with E-state index >= 15 is 0 Å². The van der Waals surface area contributed by atoms with Crippen molar-refractivity contribution in [3.8, 4) is 0 Å². The van der Waals surface area contributed by atoms with E-state index in [0.717, 1.165) is 0 Å². The van der Waals surface area contributed by atoms with Crippen molar-refractivity contribution in [2.75, 3.05) is 0 Å². The number of benzene rings is 2. The fourth-order valence-corrected chi connectivity index (χ4v) is 2.22. The van der Waals surface area contributed by atoms with E-state index in [-0.39, 0.29) is 0 Å². The van der Waals surface area contributed by atoms with Gasteiger partial charge >= 0.3 is 0 Å². The highest BCUT2D eigenvalue weighted by atomic mass is 35.5.